The summed E-state index contributed by atoms with van der Waals surface area (Å²) in [5.41, 5.74) is 17.9. The first kappa shape index (κ1) is 36.9. The van der Waals surface area contributed by atoms with Gasteiger partial charge in [-0.25, -0.2) is 0 Å². The van der Waals surface area contributed by atoms with Crippen molar-refractivity contribution in [3.05, 3.63) is 97.0 Å². The summed E-state index contributed by atoms with van der Waals surface area (Å²) < 4.78 is 0. The molecule has 3 rings (SSSR count). The summed E-state index contributed by atoms with van der Waals surface area (Å²) in [4.78, 5) is 10.1. The first-order valence-corrected chi connectivity index (χ1v) is 12.1. The van der Waals surface area contributed by atoms with Gasteiger partial charge >= 0.3 is 0 Å². The van der Waals surface area contributed by atoms with E-state index in [4.69, 9.17) is 106 Å². The van der Waals surface area contributed by atoms with Gasteiger partial charge in [-0.15, -0.1) is 0 Å². The molecule has 0 spiro atoms. The zero-order valence-electron chi connectivity index (χ0n) is 24.3. The summed E-state index contributed by atoms with van der Waals surface area (Å²) in [7, 11) is 15.3. The second-order valence-electron chi connectivity index (χ2n) is 9.05. The molecular formula is C24H27B3N18. The van der Waals surface area contributed by atoms with Gasteiger partial charge in [-0.3, -0.25) is 64.9 Å². The minimum Gasteiger partial charge on any atom is -0.397 e. The Bertz CT molecular complexity index is 2620. The maximum absolute atomic E-state index is 7.66. The number of anilines is 3. The lowest BCUT2D eigenvalue weighted by molar-refractivity contribution is 0.974. The molecule has 0 fully saturated rings. The van der Waals surface area contributed by atoms with Crippen LogP contribution < -0.4 is 97.6 Å². The molecule has 0 aliphatic heterocycles. The molecule has 18 N–H and O–H groups in total. The van der Waals surface area contributed by atoms with E-state index in [2.05, 4.69) is 14.7 Å². The van der Waals surface area contributed by atoms with Gasteiger partial charge in [0.2, 0.25) is 0 Å². The fraction of sp³-hybridized carbons (Fsp3) is 0.125. The molecule has 0 aliphatic rings. The number of nitrogens with one attached hydrogen (secondary N) is 12. The number of nitrogen functional groups attached to an aromatic ring is 3. The average Bonchev–Trinajstić information content (AvgIpc) is 3.08. The normalized spacial score (nSPS) is 11.7. The van der Waals surface area contributed by atoms with E-state index in [0.29, 0.717) is 11.1 Å². The van der Waals surface area contributed by atoms with Crippen molar-refractivity contribution in [1.82, 2.24) is 0 Å². The lowest BCUT2D eigenvalue weighted by atomic mass is 10.1. The van der Waals surface area contributed by atoms with E-state index in [1.165, 1.54) is 6.92 Å². The third-order valence-electron chi connectivity index (χ3n) is 6.43. The molecule has 0 aromatic heterocycles. The number of nitrogens with zero attached hydrogens (tertiary/aromatic N) is 3. The van der Waals surface area contributed by atoms with E-state index < -0.39 is 26.8 Å². The van der Waals surface area contributed by atoms with E-state index in [-0.39, 0.29) is 76.2 Å². The van der Waals surface area contributed by atoms with Gasteiger partial charge < -0.3 is 31.9 Å². The summed E-state index contributed by atoms with van der Waals surface area (Å²) in [5.74, 6) is 0. The first-order chi connectivity index (χ1) is 20.7. The van der Waals surface area contributed by atoms with Crippen LogP contribution >= 0.6 is 0 Å². The topological polar surface area (TPSA) is 401 Å². The van der Waals surface area contributed by atoms with Crippen molar-refractivity contribution in [2.24, 2.45) is 14.7 Å². The number of benzene rings is 1. The zero-order valence-corrected chi connectivity index (χ0v) is 24.3. The fourth-order valence-corrected chi connectivity index (χ4v) is 3.50. The summed E-state index contributed by atoms with van der Waals surface area (Å²) >= 11 is 0. The molecule has 6 radical (unpaired) electrons. The molecule has 21 heteroatoms. The van der Waals surface area contributed by atoms with Crippen molar-refractivity contribution in [1.29, 1.82) is 64.9 Å². The molecule has 0 amide bonds. The number of rotatable bonds is 0. The SMILES string of the molecule is [B]N=c1c(C)c(N)c(=N)c(=N)c(=N)c(=N)c1=N.[B]N=c1c(C)c(N)c(=N)c(=N)c(=N)c1=N.[B]N=c1c(C)c(N)c(=N)c(=N)c1=N. The summed E-state index contributed by atoms with van der Waals surface area (Å²) in [6.07, 6.45) is 0. The van der Waals surface area contributed by atoms with E-state index in [1.54, 1.807) is 13.8 Å². The van der Waals surface area contributed by atoms with Crippen LogP contribution in [-0.4, -0.2) is 23.9 Å². The molecule has 222 valence electrons. The second kappa shape index (κ2) is 14.4. The third kappa shape index (κ3) is 6.92. The van der Waals surface area contributed by atoms with Gasteiger partial charge in [-0.2, -0.15) is 0 Å². The van der Waals surface area contributed by atoms with Crippen LogP contribution in [0.15, 0.2) is 14.7 Å². The molecule has 0 heterocycles. The predicted octanol–water partition coefficient (Wildman–Crippen LogP) is -7.94. The Kier molecular flexibility index (Phi) is 11.8. The van der Waals surface area contributed by atoms with Crippen molar-refractivity contribution in [2.75, 3.05) is 17.2 Å². The van der Waals surface area contributed by atoms with Gasteiger partial charge in [0.05, 0.1) is 33.1 Å². The zero-order chi connectivity index (χ0) is 35.2. The van der Waals surface area contributed by atoms with E-state index in [9.17, 15) is 0 Å². The Morgan fingerprint density at radius 2 is 0.489 bits per heavy atom. The molecule has 18 nitrogen and oxygen atoms in total. The minimum absolute atomic E-state index is 0.0243. The molecule has 0 aliphatic carbocycles. The standard InChI is InChI=1S/C9H10BN7.C8H9BN6.C7H8BN5/c1-2-3(11)4(12)5(13)6(14)7(15)8(16)9(2)17-10;1-2-3(10)4(11)5(12)6(13)7(14)8(2)15-9;1-2-3(9)4(10)5(11)6(12)7(2)13-8/h12-16H,11H2,1H3;11-14H,10H2,1H3;10-12H,9H2,1H3. The molecule has 0 saturated heterocycles. The van der Waals surface area contributed by atoms with Crippen molar-refractivity contribution in [3.8, 4) is 0 Å². The van der Waals surface area contributed by atoms with Crippen LogP contribution in [0.25, 0.3) is 0 Å². The van der Waals surface area contributed by atoms with Crippen LogP contribution in [0.5, 0.6) is 0 Å². The van der Waals surface area contributed by atoms with Gasteiger partial charge in [-0.1, -0.05) is 0 Å². The maximum atomic E-state index is 7.66. The summed E-state index contributed by atoms with van der Waals surface area (Å²) in [5, 5.41) is 86.1. The Morgan fingerprint density at radius 3 is 0.689 bits per heavy atom. The highest BCUT2D eigenvalue weighted by atomic mass is 14.7. The lowest BCUT2D eigenvalue weighted by Crippen LogP contribution is -2.55. The first-order valence-electron chi connectivity index (χ1n) is 12.1. The van der Waals surface area contributed by atoms with Crippen LogP contribution in [-0.2, 0) is 0 Å². The number of nitrogens with two attached hydrogens (primary N) is 3. The van der Waals surface area contributed by atoms with Crippen LogP contribution in [0, 0.1) is 85.7 Å². The highest BCUT2D eigenvalue weighted by Crippen LogP contribution is 1.92. The largest absolute Gasteiger partial charge is 0.397 e. The Morgan fingerprint density at radius 1 is 0.333 bits per heavy atom. The second-order valence-corrected chi connectivity index (χ2v) is 9.05. The summed E-state index contributed by atoms with van der Waals surface area (Å²) in [6, 6.07) is 0. The minimum atomic E-state index is -0.545. The quantitative estimate of drug-likeness (QED) is 0.0884. The number of hydrogen-bond acceptors (Lipinski definition) is 18. The smallest absolute Gasteiger partial charge is 0.260 e. The molecule has 0 bridgehead atoms. The lowest BCUT2D eigenvalue weighted by Gasteiger charge is -1.99. The van der Waals surface area contributed by atoms with Crippen molar-refractivity contribution in [2.45, 2.75) is 20.8 Å². The molecular weight excluding hydrogens is 573 g/mol. The van der Waals surface area contributed by atoms with Crippen LogP contribution in [0.4, 0.5) is 17.1 Å². The highest BCUT2D eigenvalue weighted by Gasteiger charge is 2.05. The van der Waals surface area contributed by atoms with Gasteiger partial charge in [-0.05, 0) is 20.8 Å². The van der Waals surface area contributed by atoms with Crippen molar-refractivity contribution < 1.29 is 0 Å². The fourth-order valence-electron chi connectivity index (χ4n) is 3.50. The Balaban J connectivity index is 0.000000341. The van der Waals surface area contributed by atoms with Gasteiger partial charge in [0, 0.05) is 16.7 Å². The Hall–Kier alpha value is -6.14. The van der Waals surface area contributed by atoms with E-state index >= 15 is 0 Å². The van der Waals surface area contributed by atoms with Crippen molar-refractivity contribution in [3.63, 3.8) is 0 Å². The molecule has 45 heavy (non-hydrogen) atoms. The predicted molar refractivity (Wildman–Crippen MR) is 158 cm³/mol. The van der Waals surface area contributed by atoms with E-state index in [0.717, 1.165) is 0 Å². The summed E-state index contributed by atoms with van der Waals surface area (Å²) in [6.45, 7) is 4.67. The maximum Gasteiger partial charge on any atom is 0.260 e. The third-order valence-corrected chi connectivity index (χ3v) is 6.43. The van der Waals surface area contributed by atoms with Gasteiger partial charge in [0.25, 0.3) is 23.9 Å². The van der Waals surface area contributed by atoms with Crippen LogP contribution in [0.2, 0.25) is 0 Å². The van der Waals surface area contributed by atoms with Crippen LogP contribution in [0.1, 0.15) is 16.7 Å². The molecule has 3 aromatic rings. The molecule has 3 aromatic carbocycles. The van der Waals surface area contributed by atoms with E-state index in [1.807, 2.05) is 0 Å². The Labute approximate surface area is 255 Å². The molecule has 0 atom stereocenters. The monoisotopic (exact) mass is 600 g/mol. The molecule has 0 saturated carbocycles. The average molecular weight is 600 g/mol. The van der Waals surface area contributed by atoms with Gasteiger partial charge in [0.15, 0.2) is 0 Å². The molecule has 0 unspecified atom stereocenters. The van der Waals surface area contributed by atoms with Gasteiger partial charge in [0.1, 0.15) is 64.3 Å². The van der Waals surface area contributed by atoms with Crippen molar-refractivity contribution >= 4 is 41.0 Å². The highest BCUT2D eigenvalue weighted by molar-refractivity contribution is 6.05. The van der Waals surface area contributed by atoms with Crippen LogP contribution in [0.3, 0.4) is 0 Å². The number of hydrogen-bond donors (Lipinski definition) is 15.